The molecule has 6 nitrogen and oxygen atoms in total. The van der Waals surface area contributed by atoms with Gasteiger partial charge >= 0.3 is 6.03 Å². The van der Waals surface area contributed by atoms with E-state index in [1.807, 2.05) is 6.92 Å². The minimum Gasteiger partial charge on any atom is -0.314 e. The third kappa shape index (κ3) is 2.25. The van der Waals surface area contributed by atoms with Crippen molar-refractivity contribution in [1.29, 1.82) is 0 Å². The Morgan fingerprint density at radius 1 is 1.21 bits per heavy atom. The fourth-order valence-electron chi connectivity index (χ4n) is 2.20. The van der Waals surface area contributed by atoms with E-state index in [1.165, 1.54) is 15.5 Å². The Balaban J connectivity index is 2.15. The molecule has 0 aliphatic carbocycles. The second-order valence-electron chi connectivity index (χ2n) is 4.77. The molecule has 1 aliphatic heterocycles. The molecule has 1 aromatic heterocycles. The van der Waals surface area contributed by atoms with E-state index in [9.17, 15) is 14.4 Å². The van der Waals surface area contributed by atoms with Crippen molar-refractivity contribution in [1.82, 2.24) is 14.8 Å². The SMILES string of the molecule is CCC1(C)C(=O)NC(=O)N1CCn1ccccc1=O. The molecule has 0 aromatic carbocycles. The molecule has 1 N–H and O–H groups in total. The van der Waals surface area contributed by atoms with Crippen molar-refractivity contribution in [3.8, 4) is 0 Å². The van der Waals surface area contributed by atoms with Crippen LogP contribution < -0.4 is 10.9 Å². The monoisotopic (exact) mass is 263 g/mol. The zero-order valence-corrected chi connectivity index (χ0v) is 11.0. The fraction of sp³-hybridized carbons (Fsp3) is 0.462. The quantitative estimate of drug-likeness (QED) is 0.807. The summed E-state index contributed by atoms with van der Waals surface area (Å²) in [4.78, 5) is 36.6. The zero-order chi connectivity index (χ0) is 14.0. The highest BCUT2D eigenvalue weighted by atomic mass is 16.2. The lowest BCUT2D eigenvalue weighted by Crippen LogP contribution is -2.48. The first-order chi connectivity index (χ1) is 8.99. The number of pyridine rings is 1. The van der Waals surface area contributed by atoms with Crippen molar-refractivity contribution in [3.63, 3.8) is 0 Å². The summed E-state index contributed by atoms with van der Waals surface area (Å²) in [5.41, 5.74) is -0.943. The summed E-state index contributed by atoms with van der Waals surface area (Å²) in [6.07, 6.45) is 2.20. The molecule has 102 valence electrons. The maximum Gasteiger partial charge on any atom is 0.325 e. The van der Waals surface area contributed by atoms with E-state index >= 15 is 0 Å². The number of nitrogens with zero attached hydrogens (tertiary/aromatic N) is 2. The number of imide groups is 1. The van der Waals surface area contributed by atoms with E-state index < -0.39 is 11.6 Å². The minimum atomic E-state index is -0.824. The number of hydrogen-bond donors (Lipinski definition) is 1. The average molecular weight is 263 g/mol. The largest absolute Gasteiger partial charge is 0.325 e. The molecule has 1 atom stereocenters. The summed E-state index contributed by atoms with van der Waals surface area (Å²) in [6, 6.07) is 4.50. The molecule has 0 saturated carbocycles. The summed E-state index contributed by atoms with van der Waals surface area (Å²) in [5.74, 6) is -0.277. The Hall–Kier alpha value is -2.11. The lowest BCUT2D eigenvalue weighted by Gasteiger charge is -2.30. The molecule has 19 heavy (non-hydrogen) atoms. The van der Waals surface area contributed by atoms with Gasteiger partial charge in [-0.1, -0.05) is 13.0 Å². The van der Waals surface area contributed by atoms with Gasteiger partial charge in [0, 0.05) is 25.4 Å². The van der Waals surface area contributed by atoms with Crippen LogP contribution in [0.4, 0.5) is 4.79 Å². The van der Waals surface area contributed by atoms with E-state index in [0.717, 1.165) is 0 Å². The van der Waals surface area contributed by atoms with E-state index in [1.54, 1.807) is 25.3 Å². The van der Waals surface area contributed by atoms with Crippen LogP contribution in [0.2, 0.25) is 0 Å². The Bertz CT molecular complexity index is 566. The summed E-state index contributed by atoms with van der Waals surface area (Å²) in [6.45, 7) is 4.29. The number of hydrogen-bond acceptors (Lipinski definition) is 3. The normalized spacial score (nSPS) is 22.7. The third-order valence-electron chi connectivity index (χ3n) is 3.70. The Morgan fingerprint density at radius 3 is 2.58 bits per heavy atom. The molecule has 0 bridgehead atoms. The second kappa shape index (κ2) is 4.87. The predicted molar refractivity (Wildman–Crippen MR) is 69.6 cm³/mol. The van der Waals surface area contributed by atoms with Gasteiger partial charge in [-0.15, -0.1) is 0 Å². The summed E-state index contributed by atoms with van der Waals surface area (Å²) in [5, 5.41) is 2.32. The van der Waals surface area contributed by atoms with Crippen LogP contribution in [0.5, 0.6) is 0 Å². The molecular formula is C13H17N3O3. The van der Waals surface area contributed by atoms with Crippen LogP contribution in [-0.2, 0) is 11.3 Å². The van der Waals surface area contributed by atoms with Crippen LogP contribution in [0.3, 0.4) is 0 Å². The molecular weight excluding hydrogens is 246 g/mol. The third-order valence-corrected chi connectivity index (χ3v) is 3.70. The van der Waals surface area contributed by atoms with Crippen molar-refractivity contribution >= 4 is 11.9 Å². The molecule has 1 aliphatic rings. The van der Waals surface area contributed by atoms with Gasteiger partial charge in [-0.2, -0.15) is 0 Å². The minimum absolute atomic E-state index is 0.119. The van der Waals surface area contributed by atoms with E-state index in [-0.39, 0.29) is 11.5 Å². The van der Waals surface area contributed by atoms with Crippen LogP contribution in [0, 0.1) is 0 Å². The van der Waals surface area contributed by atoms with E-state index in [4.69, 9.17) is 0 Å². The predicted octanol–water partition coefficient (Wildman–Crippen LogP) is 0.569. The van der Waals surface area contributed by atoms with Crippen LogP contribution >= 0.6 is 0 Å². The number of nitrogens with one attached hydrogen (secondary N) is 1. The number of amides is 3. The van der Waals surface area contributed by atoms with Gasteiger partial charge in [-0.25, -0.2) is 4.79 Å². The Kier molecular flexibility index (Phi) is 3.42. The standard InChI is InChI=1S/C13H17N3O3/c1-3-13(2)11(18)14-12(19)16(13)9-8-15-7-5-4-6-10(15)17/h4-7H,3,8-9H2,1-2H3,(H,14,18,19). The van der Waals surface area contributed by atoms with Gasteiger partial charge in [0.1, 0.15) is 5.54 Å². The molecule has 1 fully saturated rings. The van der Waals surface area contributed by atoms with Crippen LogP contribution in [0.1, 0.15) is 20.3 Å². The molecule has 2 heterocycles. The highest BCUT2D eigenvalue weighted by molar-refractivity contribution is 6.06. The van der Waals surface area contributed by atoms with E-state index in [0.29, 0.717) is 19.5 Å². The summed E-state index contributed by atoms with van der Waals surface area (Å²) >= 11 is 0. The average Bonchev–Trinajstić information content (AvgIpc) is 2.60. The molecule has 1 unspecified atom stereocenters. The molecule has 3 amide bonds. The molecule has 1 aromatic rings. The first kappa shape index (κ1) is 13.3. The lowest BCUT2D eigenvalue weighted by atomic mass is 9.97. The maximum atomic E-state index is 11.8. The van der Waals surface area contributed by atoms with Crippen molar-refractivity contribution in [2.24, 2.45) is 0 Å². The van der Waals surface area contributed by atoms with Gasteiger partial charge < -0.3 is 9.47 Å². The second-order valence-corrected chi connectivity index (χ2v) is 4.77. The van der Waals surface area contributed by atoms with Crippen molar-refractivity contribution < 1.29 is 9.59 Å². The molecule has 0 spiro atoms. The molecule has 6 heteroatoms. The Labute approximate surface area is 111 Å². The van der Waals surface area contributed by atoms with Crippen LogP contribution in [0.15, 0.2) is 29.2 Å². The summed E-state index contributed by atoms with van der Waals surface area (Å²) < 4.78 is 1.52. The first-order valence-electron chi connectivity index (χ1n) is 6.27. The number of carbonyl (C=O) groups excluding carboxylic acids is 2. The molecule has 0 radical (unpaired) electrons. The van der Waals surface area contributed by atoms with Gasteiger partial charge in [-0.05, 0) is 19.4 Å². The van der Waals surface area contributed by atoms with Crippen molar-refractivity contribution in [2.75, 3.05) is 6.54 Å². The van der Waals surface area contributed by atoms with E-state index in [2.05, 4.69) is 5.32 Å². The fourth-order valence-corrected chi connectivity index (χ4v) is 2.20. The van der Waals surface area contributed by atoms with Crippen molar-refractivity contribution in [3.05, 3.63) is 34.7 Å². The highest BCUT2D eigenvalue weighted by Gasteiger charge is 2.47. The highest BCUT2D eigenvalue weighted by Crippen LogP contribution is 2.24. The van der Waals surface area contributed by atoms with Crippen LogP contribution in [0.25, 0.3) is 0 Å². The topological polar surface area (TPSA) is 71.4 Å². The number of carbonyl (C=O) groups is 2. The zero-order valence-electron chi connectivity index (χ0n) is 11.0. The number of urea groups is 1. The van der Waals surface area contributed by atoms with Gasteiger partial charge in [0.2, 0.25) is 0 Å². The Morgan fingerprint density at radius 2 is 1.95 bits per heavy atom. The first-order valence-corrected chi connectivity index (χ1v) is 6.27. The molecule has 1 saturated heterocycles. The van der Waals surface area contributed by atoms with Crippen molar-refractivity contribution in [2.45, 2.75) is 32.4 Å². The molecule has 2 rings (SSSR count). The van der Waals surface area contributed by atoms with Gasteiger partial charge in [0.15, 0.2) is 0 Å². The summed E-state index contributed by atoms with van der Waals surface area (Å²) in [7, 11) is 0. The number of aromatic nitrogens is 1. The van der Waals surface area contributed by atoms with Crippen LogP contribution in [-0.4, -0.2) is 33.5 Å². The van der Waals surface area contributed by atoms with Gasteiger partial charge in [-0.3, -0.25) is 14.9 Å². The lowest BCUT2D eigenvalue weighted by molar-refractivity contribution is -0.126. The van der Waals surface area contributed by atoms with Gasteiger partial charge in [0.05, 0.1) is 0 Å². The number of rotatable bonds is 4. The smallest absolute Gasteiger partial charge is 0.314 e. The van der Waals surface area contributed by atoms with Gasteiger partial charge in [0.25, 0.3) is 11.5 Å². The maximum absolute atomic E-state index is 11.8.